The van der Waals surface area contributed by atoms with E-state index in [1.54, 1.807) is 6.92 Å². The molecule has 1 fully saturated rings. The standard InChI is InChI=1S/C16H17N3O5S/c1-7-6-25-15-11(14(22)19(15)12(7)16(23)24)18-13(21)10(17)8-2-4-9(20)5-3-8/h2-5,10-11,15,20H,6,17H2,1H3,(H,18,21)(H,23,24)/t10-,11?,15?/m1/s1. The van der Waals surface area contributed by atoms with E-state index in [2.05, 4.69) is 5.32 Å². The number of rotatable bonds is 4. The van der Waals surface area contributed by atoms with Crippen LogP contribution in [-0.2, 0) is 14.4 Å². The van der Waals surface area contributed by atoms with Crippen LogP contribution in [0.25, 0.3) is 0 Å². The monoisotopic (exact) mass is 363 g/mol. The second-order valence-electron chi connectivity index (χ2n) is 5.90. The lowest BCUT2D eigenvalue weighted by Gasteiger charge is -2.49. The van der Waals surface area contributed by atoms with Gasteiger partial charge in [0.1, 0.15) is 28.9 Å². The molecule has 0 aromatic heterocycles. The zero-order valence-electron chi connectivity index (χ0n) is 13.3. The number of aliphatic carboxylic acids is 1. The summed E-state index contributed by atoms with van der Waals surface area (Å²) in [6, 6.07) is 4.09. The fourth-order valence-corrected chi connectivity index (χ4v) is 4.14. The predicted molar refractivity (Wildman–Crippen MR) is 90.4 cm³/mol. The van der Waals surface area contributed by atoms with Crippen molar-refractivity contribution in [3.63, 3.8) is 0 Å². The molecule has 0 saturated carbocycles. The average molecular weight is 363 g/mol. The van der Waals surface area contributed by atoms with Gasteiger partial charge in [-0.25, -0.2) is 4.79 Å². The summed E-state index contributed by atoms with van der Waals surface area (Å²) in [6.07, 6.45) is 0. The lowest BCUT2D eigenvalue weighted by atomic mass is 10.0. The highest BCUT2D eigenvalue weighted by atomic mass is 32.2. The van der Waals surface area contributed by atoms with Crippen LogP contribution in [0.5, 0.6) is 5.75 Å². The maximum atomic E-state index is 12.3. The van der Waals surface area contributed by atoms with Crippen LogP contribution in [0.15, 0.2) is 35.5 Å². The molecule has 2 heterocycles. The molecule has 2 aliphatic heterocycles. The van der Waals surface area contributed by atoms with E-state index in [1.807, 2.05) is 0 Å². The number of carboxylic acid groups (broad SMARTS) is 1. The van der Waals surface area contributed by atoms with E-state index >= 15 is 0 Å². The first-order valence-electron chi connectivity index (χ1n) is 7.54. The van der Waals surface area contributed by atoms with Crippen molar-refractivity contribution in [3.05, 3.63) is 41.1 Å². The Kier molecular flexibility index (Phi) is 4.44. The van der Waals surface area contributed by atoms with Gasteiger partial charge in [0.2, 0.25) is 5.91 Å². The number of amides is 2. The first-order chi connectivity index (χ1) is 11.8. The van der Waals surface area contributed by atoms with Gasteiger partial charge in [-0.2, -0.15) is 0 Å². The summed E-state index contributed by atoms with van der Waals surface area (Å²) in [5.41, 5.74) is 7.00. The van der Waals surface area contributed by atoms with Crippen LogP contribution in [0.1, 0.15) is 18.5 Å². The number of nitrogens with zero attached hydrogens (tertiary/aromatic N) is 1. The molecule has 3 atom stereocenters. The minimum atomic E-state index is -1.15. The number of β-lactam (4-membered cyclic amide) rings is 1. The van der Waals surface area contributed by atoms with Gasteiger partial charge in [0.15, 0.2) is 0 Å². The number of carboxylic acids is 1. The number of aromatic hydroxyl groups is 1. The average Bonchev–Trinajstić information content (AvgIpc) is 2.58. The summed E-state index contributed by atoms with van der Waals surface area (Å²) in [5.74, 6) is -1.61. The number of nitrogens with one attached hydrogen (secondary N) is 1. The van der Waals surface area contributed by atoms with Gasteiger partial charge in [0, 0.05) is 5.75 Å². The lowest BCUT2D eigenvalue weighted by Crippen LogP contribution is -2.71. The molecule has 3 rings (SSSR count). The first kappa shape index (κ1) is 17.3. The summed E-state index contributed by atoms with van der Waals surface area (Å²) >= 11 is 1.40. The number of carbonyl (C=O) groups excluding carboxylic acids is 2. The molecular formula is C16H17N3O5S. The molecule has 1 saturated heterocycles. The zero-order valence-corrected chi connectivity index (χ0v) is 14.1. The third kappa shape index (κ3) is 2.96. The summed E-state index contributed by atoms with van der Waals surface area (Å²) in [5, 5.41) is 20.7. The summed E-state index contributed by atoms with van der Waals surface area (Å²) in [4.78, 5) is 37.2. The quantitative estimate of drug-likeness (QED) is 0.560. The van der Waals surface area contributed by atoms with Crippen LogP contribution < -0.4 is 11.1 Å². The molecular weight excluding hydrogens is 346 g/mol. The zero-order chi connectivity index (χ0) is 18.3. The Morgan fingerprint density at radius 3 is 2.60 bits per heavy atom. The molecule has 0 spiro atoms. The van der Waals surface area contributed by atoms with Gasteiger partial charge in [0.05, 0.1) is 0 Å². The van der Waals surface area contributed by atoms with Gasteiger partial charge < -0.3 is 21.3 Å². The number of thioether (sulfide) groups is 1. The molecule has 8 nitrogen and oxygen atoms in total. The molecule has 0 bridgehead atoms. The third-order valence-electron chi connectivity index (χ3n) is 4.19. The second-order valence-corrected chi connectivity index (χ2v) is 7.00. The Morgan fingerprint density at radius 1 is 1.36 bits per heavy atom. The largest absolute Gasteiger partial charge is 0.508 e. The van der Waals surface area contributed by atoms with E-state index in [-0.39, 0.29) is 11.4 Å². The molecule has 0 radical (unpaired) electrons. The van der Waals surface area contributed by atoms with E-state index in [1.165, 1.54) is 40.9 Å². The minimum Gasteiger partial charge on any atom is -0.508 e. The van der Waals surface area contributed by atoms with Crippen molar-refractivity contribution in [3.8, 4) is 5.75 Å². The smallest absolute Gasteiger partial charge is 0.352 e. The normalized spacial score (nSPS) is 23.6. The molecule has 2 aliphatic rings. The Labute approximate surface area is 147 Å². The van der Waals surface area contributed by atoms with Gasteiger partial charge in [0.25, 0.3) is 5.91 Å². The second kappa shape index (κ2) is 6.41. The molecule has 2 unspecified atom stereocenters. The SMILES string of the molecule is CC1=C(C(=O)O)N2C(=O)C(NC(=O)[C@H](N)c3ccc(O)cc3)C2SC1. The van der Waals surface area contributed by atoms with E-state index in [9.17, 15) is 24.6 Å². The van der Waals surface area contributed by atoms with E-state index in [0.29, 0.717) is 16.9 Å². The molecule has 0 aliphatic carbocycles. The Bertz CT molecular complexity index is 776. The molecule has 132 valence electrons. The Hall–Kier alpha value is -2.52. The predicted octanol–water partition coefficient (Wildman–Crippen LogP) is 0.151. The number of hydrogen-bond acceptors (Lipinski definition) is 6. The van der Waals surface area contributed by atoms with Gasteiger partial charge in [-0.1, -0.05) is 12.1 Å². The number of phenolic OH excluding ortho intramolecular Hbond substituents is 1. The van der Waals surface area contributed by atoms with Crippen molar-refractivity contribution in [1.29, 1.82) is 0 Å². The van der Waals surface area contributed by atoms with Gasteiger partial charge in [-0.15, -0.1) is 11.8 Å². The van der Waals surface area contributed by atoms with Crippen LogP contribution >= 0.6 is 11.8 Å². The van der Waals surface area contributed by atoms with Gasteiger partial charge in [-0.3, -0.25) is 14.5 Å². The molecule has 5 N–H and O–H groups in total. The van der Waals surface area contributed by atoms with Crippen LogP contribution in [0.3, 0.4) is 0 Å². The van der Waals surface area contributed by atoms with Crippen LogP contribution in [0.2, 0.25) is 0 Å². The van der Waals surface area contributed by atoms with Crippen LogP contribution in [-0.4, -0.2) is 50.1 Å². The fourth-order valence-electron chi connectivity index (χ4n) is 2.85. The highest BCUT2D eigenvalue weighted by Crippen LogP contribution is 2.40. The molecule has 25 heavy (non-hydrogen) atoms. The maximum absolute atomic E-state index is 12.3. The number of benzene rings is 1. The highest BCUT2D eigenvalue weighted by molar-refractivity contribution is 8.00. The first-order valence-corrected chi connectivity index (χ1v) is 8.58. The number of phenols is 1. The number of hydrogen-bond donors (Lipinski definition) is 4. The molecule has 1 aromatic carbocycles. The number of fused-ring (bicyclic) bond motifs is 1. The summed E-state index contributed by atoms with van der Waals surface area (Å²) < 4.78 is 0. The van der Waals surface area contributed by atoms with Gasteiger partial charge >= 0.3 is 5.97 Å². The fraction of sp³-hybridized carbons (Fsp3) is 0.312. The third-order valence-corrected chi connectivity index (χ3v) is 5.62. The molecule has 2 amide bonds. The molecule has 9 heteroatoms. The van der Waals surface area contributed by atoms with Gasteiger partial charge in [-0.05, 0) is 30.2 Å². The van der Waals surface area contributed by atoms with Crippen LogP contribution in [0, 0.1) is 0 Å². The lowest BCUT2D eigenvalue weighted by molar-refractivity contribution is -0.150. The Balaban J connectivity index is 1.71. The topological polar surface area (TPSA) is 133 Å². The van der Waals surface area contributed by atoms with Crippen LogP contribution in [0.4, 0.5) is 0 Å². The van der Waals surface area contributed by atoms with Crippen molar-refractivity contribution < 1.29 is 24.6 Å². The van der Waals surface area contributed by atoms with Crippen molar-refractivity contribution in [2.45, 2.75) is 24.4 Å². The summed E-state index contributed by atoms with van der Waals surface area (Å²) in [6.45, 7) is 1.67. The number of nitrogens with two attached hydrogens (primary N) is 1. The van der Waals surface area contributed by atoms with E-state index in [4.69, 9.17) is 5.73 Å². The highest BCUT2D eigenvalue weighted by Gasteiger charge is 2.53. The van der Waals surface area contributed by atoms with E-state index in [0.717, 1.165) is 0 Å². The maximum Gasteiger partial charge on any atom is 0.352 e. The van der Waals surface area contributed by atoms with Crippen molar-refractivity contribution in [2.75, 3.05) is 5.75 Å². The minimum absolute atomic E-state index is 0.0120. The summed E-state index contributed by atoms with van der Waals surface area (Å²) in [7, 11) is 0. The Morgan fingerprint density at radius 2 is 2.00 bits per heavy atom. The molecule has 1 aromatic rings. The van der Waals surface area contributed by atoms with E-state index < -0.39 is 35.2 Å². The number of carbonyl (C=O) groups is 3. The van der Waals surface area contributed by atoms with Crippen molar-refractivity contribution in [1.82, 2.24) is 10.2 Å². The van der Waals surface area contributed by atoms with Crippen molar-refractivity contribution in [2.24, 2.45) is 5.73 Å². The van der Waals surface area contributed by atoms with Crippen molar-refractivity contribution >= 4 is 29.5 Å².